The Balaban J connectivity index is 0.00000341. The summed E-state index contributed by atoms with van der Waals surface area (Å²) in [5, 5.41) is 18.1. The van der Waals surface area contributed by atoms with E-state index in [1.165, 1.54) is 36.9 Å². The van der Waals surface area contributed by atoms with E-state index in [4.69, 9.17) is 4.74 Å². The number of rotatable bonds is 7. The number of carbonyl (C=O) groups is 5. The van der Waals surface area contributed by atoms with Gasteiger partial charge in [-0.15, -0.1) is 23.1 Å². The number of hydrogen-bond donors (Lipinski definition) is 2. The van der Waals surface area contributed by atoms with Crippen LogP contribution in [0.25, 0.3) is 0 Å². The first kappa shape index (κ1) is 25.3. The number of thiazole rings is 1. The van der Waals surface area contributed by atoms with Crippen molar-refractivity contribution in [1.29, 1.82) is 0 Å². The van der Waals surface area contributed by atoms with Crippen LogP contribution < -0.4 is 45.3 Å². The average Bonchev–Trinajstić information content (AvgIpc) is 3.09. The van der Waals surface area contributed by atoms with Gasteiger partial charge in [0.15, 0.2) is 5.13 Å². The number of nitrogens with zero attached hydrogens (tertiary/aromatic N) is 2. The van der Waals surface area contributed by atoms with Crippen molar-refractivity contribution in [1.82, 2.24) is 15.2 Å². The van der Waals surface area contributed by atoms with E-state index in [2.05, 4.69) is 15.6 Å². The van der Waals surface area contributed by atoms with Gasteiger partial charge in [-0.05, 0) is 0 Å². The molecule has 3 rings (SSSR count). The summed E-state index contributed by atoms with van der Waals surface area (Å²) in [6.45, 7) is 2.29. The third kappa shape index (κ3) is 5.86. The molecule has 31 heavy (non-hydrogen) atoms. The molecule has 2 atom stereocenters. The van der Waals surface area contributed by atoms with Crippen molar-refractivity contribution >= 4 is 57.9 Å². The number of amides is 3. The van der Waals surface area contributed by atoms with Crippen LogP contribution in [-0.4, -0.2) is 63.3 Å². The number of β-lactam (4-membered cyclic amide) rings is 1. The van der Waals surface area contributed by atoms with E-state index in [0.29, 0.717) is 10.8 Å². The number of nitrogens with one attached hydrogen (secondary N) is 2. The number of fused-ring (bicyclic) bond motifs is 1. The number of esters is 1. The van der Waals surface area contributed by atoms with E-state index in [-0.39, 0.29) is 65.5 Å². The first-order chi connectivity index (χ1) is 14.2. The third-order valence-electron chi connectivity index (χ3n) is 4.18. The molecular formula is C17H17N4NaO7S2. The topological polar surface area (TPSA) is 158 Å². The molecule has 2 N–H and O–H groups in total. The number of aliphatic carboxylic acids is 1. The van der Waals surface area contributed by atoms with Crippen LogP contribution >= 0.6 is 23.1 Å². The molecule has 2 aliphatic heterocycles. The normalized spacial score (nSPS) is 19.5. The van der Waals surface area contributed by atoms with Gasteiger partial charge in [-0.2, -0.15) is 0 Å². The van der Waals surface area contributed by atoms with Gasteiger partial charge < -0.3 is 25.3 Å². The Morgan fingerprint density at radius 2 is 2.03 bits per heavy atom. The molecule has 1 aromatic heterocycles. The Hall–Kier alpha value is -1.93. The second-order valence-electron chi connectivity index (χ2n) is 6.48. The molecule has 3 amide bonds. The first-order valence-corrected chi connectivity index (χ1v) is 10.6. The summed E-state index contributed by atoms with van der Waals surface area (Å²) in [7, 11) is 0. The Morgan fingerprint density at radius 3 is 2.65 bits per heavy atom. The van der Waals surface area contributed by atoms with Gasteiger partial charge in [0.2, 0.25) is 11.8 Å². The summed E-state index contributed by atoms with van der Waals surface area (Å²) >= 11 is 2.43. The number of anilines is 1. The van der Waals surface area contributed by atoms with Gasteiger partial charge in [0.25, 0.3) is 5.91 Å². The zero-order valence-electron chi connectivity index (χ0n) is 16.9. The molecule has 160 valence electrons. The summed E-state index contributed by atoms with van der Waals surface area (Å²) in [5.41, 5.74) is 0.368. The van der Waals surface area contributed by atoms with E-state index in [0.717, 1.165) is 4.90 Å². The maximum atomic E-state index is 12.5. The Bertz CT molecular complexity index is 964. The fourth-order valence-corrected chi connectivity index (χ4v) is 5.04. The molecule has 0 bridgehead atoms. The van der Waals surface area contributed by atoms with Gasteiger partial charge in [-0.3, -0.25) is 24.1 Å². The largest absolute Gasteiger partial charge is 1.00 e. The molecule has 1 fully saturated rings. The quantitative estimate of drug-likeness (QED) is 0.225. The van der Waals surface area contributed by atoms with Crippen LogP contribution in [0.1, 0.15) is 19.5 Å². The molecule has 0 spiro atoms. The molecule has 0 aliphatic carbocycles. The van der Waals surface area contributed by atoms with Crippen molar-refractivity contribution in [2.45, 2.75) is 31.7 Å². The Morgan fingerprint density at radius 1 is 1.32 bits per heavy atom. The Labute approximate surface area is 207 Å². The molecule has 3 heterocycles. The summed E-state index contributed by atoms with van der Waals surface area (Å²) in [4.78, 5) is 63.6. The predicted octanol–water partition coefficient (Wildman–Crippen LogP) is -4.38. The summed E-state index contributed by atoms with van der Waals surface area (Å²) < 4.78 is 4.85. The smallest absolute Gasteiger partial charge is 0.543 e. The molecule has 1 saturated heterocycles. The van der Waals surface area contributed by atoms with Crippen molar-refractivity contribution in [2.24, 2.45) is 0 Å². The first-order valence-electron chi connectivity index (χ1n) is 8.70. The number of aromatic nitrogens is 1. The summed E-state index contributed by atoms with van der Waals surface area (Å²) in [6, 6.07) is -0.888. The van der Waals surface area contributed by atoms with Gasteiger partial charge >= 0.3 is 35.5 Å². The van der Waals surface area contributed by atoms with Crippen LogP contribution in [0.2, 0.25) is 0 Å². The van der Waals surface area contributed by atoms with Crippen LogP contribution in [0, 0.1) is 0 Å². The Kier molecular flexibility index (Phi) is 8.65. The number of hydrogen-bond acceptors (Lipinski definition) is 10. The van der Waals surface area contributed by atoms with Crippen molar-refractivity contribution < 1.29 is 63.4 Å². The molecule has 0 aromatic carbocycles. The molecule has 14 heteroatoms. The summed E-state index contributed by atoms with van der Waals surface area (Å²) in [5.74, 6) is -3.23. The van der Waals surface area contributed by atoms with E-state index < -0.39 is 35.2 Å². The van der Waals surface area contributed by atoms with Crippen molar-refractivity contribution in [3.63, 3.8) is 0 Å². The SMILES string of the molecule is CC(=O)Nc1nc(CC(=O)NC2C(=O)N3C(C(=O)[O-])=C(COC(C)=O)CSC23)cs1.[Na+]. The van der Waals surface area contributed by atoms with E-state index >= 15 is 0 Å². The second kappa shape index (κ2) is 10.6. The van der Waals surface area contributed by atoms with Crippen LogP contribution in [0.5, 0.6) is 0 Å². The molecular weight excluding hydrogens is 459 g/mol. The number of carboxylic acid groups (broad SMARTS) is 1. The maximum Gasteiger partial charge on any atom is 1.00 e. The van der Waals surface area contributed by atoms with Gasteiger partial charge in [0.05, 0.1) is 23.8 Å². The minimum Gasteiger partial charge on any atom is -0.543 e. The van der Waals surface area contributed by atoms with E-state index in [9.17, 15) is 29.1 Å². The molecule has 1 aromatic rings. The number of ether oxygens (including phenoxy) is 1. The van der Waals surface area contributed by atoms with Gasteiger partial charge in [0, 0.05) is 30.6 Å². The van der Waals surface area contributed by atoms with Crippen LogP contribution in [-0.2, 0) is 35.1 Å². The van der Waals surface area contributed by atoms with Gasteiger partial charge in [-0.25, -0.2) is 4.98 Å². The monoisotopic (exact) mass is 476 g/mol. The van der Waals surface area contributed by atoms with Crippen LogP contribution in [0.4, 0.5) is 5.13 Å². The van der Waals surface area contributed by atoms with Gasteiger partial charge in [0.1, 0.15) is 18.0 Å². The van der Waals surface area contributed by atoms with E-state index in [1.807, 2.05) is 0 Å². The summed E-state index contributed by atoms with van der Waals surface area (Å²) in [6.07, 6.45) is -0.0991. The van der Waals surface area contributed by atoms with E-state index in [1.54, 1.807) is 5.38 Å². The van der Waals surface area contributed by atoms with Gasteiger partial charge in [-0.1, -0.05) is 0 Å². The molecule has 0 saturated carbocycles. The minimum atomic E-state index is -1.55. The van der Waals surface area contributed by atoms with Crippen molar-refractivity contribution in [2.75, 3.05) is 17.7 Å². The fraction of sp³-hybridized carbons (Fsp3) is 0.412. The molecule has 11 nitrogen and oxygen atoms in total. The zero-order chi connectivity index (χ0) is 22.0. The molecule has 0 radical (unpaired) electrons. The fourth-order valence-electron chi connectivity index (χ4n) is 2.96. The average molecular weight is 476 g/mol. The second-order valence-corrected chi connectivity index (χ2v) is 8.44. The molecule has 2 unspecified atom stereocenters. The standard InChI is InChI=1S/C17H18N4O7S2.Na/c1-7(22)18-17-19-10(6-30-17)3-11(24)20-12-14(25)21-13(16(26)27)9(4-28-8(2)23)5-29-15(12)21;/h6,12,15H,3-5H2,1-2H3,(H,20,24)(H,26,27)(H,18,19,22);/q;+1/p-1. The van der Waals surface area contributed by atoms with Crippen molar-refractivity contribution in [3.05, 3.63) is 22.3 Å². The predicted molar refractivity (Wildman–Crippen MR) is 104 cm³/mol. The molecule has 2 aliphatic rings. The number of thioether (sulfide) groups is 1. The van der Waals surface area contributed by atoms with Crippen molar-refractivity contribution in [3.8, 4) is 0 Å². The number of carboxylic acids is 1. The zero-order valence-corrected chi connectivity index (χ0v) is 20.6. The minimum absolute atomic E-state index is 0. The van der Waals surface area contributed by atoms with Crippen LogP contribution in [0.15, 0.2) is 16.7 Å². The third-order valence-corrected chi connectivity index (χ3v) is 6.33. The maximum absolute atomic E-state index is 12.5. The van der Waals surface area contributed by atoms with Crippen LogP contribution in [0.3, 0.4) is 0 Å². The number of carbonyl (C=O) groups excluding carboxylic acids is 5.